The molecular weight excluding hydrogens is 386 g/mol. The average Bonchev–Trinajstić information content (AvgIpc) is 2.73. The molecule has 3 rings (SSSR count). The van der Waals surface area contributed by atoms with E-state index in [2.05, 4.69) is 74.1 Å². The number of pyridine rings is 1. The third kappa shape index (κ3) is 5.08. The molecule has 0 aliphatic rings. The lowest BCUT2D eigenvalue weighted by Crippen LogP contribution is -2.43. The first-order chi connectivity index (χ1) is 14.2. The largest absolute Gasteiger partial charge is 0.544 e. The molecule has 3 aromatic rings. The molecule has 1 heterocycles. The van der Waals surface area contributed by atoms with Crippen LogP contribution >= 0.6 is 0 Å². The molecule has 0 aliphatic heterocycles. The van der Waals surface area contributed by atoms with Gasteiger partial charge in [0.25, 0.3) is 0 Å². The quantitative estimate of drug-likeness (QED) is 0.422. The van der Waals surface area contributed by atoms with Crippen molar-refractivity contribution < 1.29 is 4.43 Å². The number of rotatable bonds is 6. The van der Waals surface area contributed by atoms with Gasteiger partial charge in [0.2, 0.25) is 8.32 Å². The van der Waals surface area contributed by atoms with Gasteiger partial charge in [-0.2, -0.15) is 5.26 Å². The molecule has 0 radical (unpaired) electrons. The summed E-state index contributed by atoms with van der Waals surface area (Å²) in [5.41, 5.74) is 3.91. The van der Waals surface area contributed by atoms with E-state index in [9.17, 15) is 0 Å². The van der Waals surface area contributed by atoms with Crippen molar-refractivity contribution in [2.45, 2.75) is 45.4 Å². The summed E-state index contributed by atoms with van der Waals surface area (Å²) in [4.78, 5) is 6.35. The van der Waals surface area contributed by atoms with Crippen LogP contribution in [0, 0.1) is 11.3 Å². The molecule has 0 unspecified atom stereocenters. The molecule has 5 heteroatoms. The maximum absolute atomic E-state index is 9.10. The zero-order valence-corrected chi connectivity index (χ0v) is 19.4. The highest BCUT2D eigenvalue weighted by atomic mass is 28.4. The molecule has 0 atom stereocenters. The third-order valence-corrected chi connectivity index (χ3v) is 10.1. The fourth-order valence-corrected chi connectivity index (χ4v) is 3.90. The summed E-state index contributed by atoms with van der Waals surface area (Å²) in [6.07, 6.45) is 3.59. The topological polar surface area (TPSA) is 49.1 Å². The van der Waals surface area contributed by atoms with E-state index in [0.717, 1.165) is 17.1 Å². The standard InChI is InChI=1S/C25H29N3OSi/c1-25(2,3)30(4,5)29-24-12-8-21(9-13-24)19-28(23-14-16-27-17-15-23)22-10-6-20(18-26)7-11-22/h6-17H,19H2,1-5H3. The predicted octanol–water partition coefficient (Wildman–Crippen LogP) is 6.68. The Hall–Kier alpha value is -3.10. The van der Waals surface area contributed by atoms with Gasteiger partial charge in [0.1, 0.15) is 5.75 Å². The molecule has 0 fully saturated rings. The predicted molar refractivity (Wildman–Crippen MR) is 126 cm³/mol. The minimum atomic E-state index is -1.85. The van der Waals surface area contributed by atoms with Crippen LogP contribution in [0.2, 0.25) is 18.1 Å². The van der Waals surface area contributed by atoms with E-state index in [4.69, 9.17) is 9.69 Å². The van der Waals surface area contributed by atoms with Gasteiger partial charge in [-0.05, 0) is 72.2 Å². The summed E-state index contributed by atoms with van der Waals surface area (Å²) in [5.74, 6) is 0.930. The van der Waals surface area contributed by atoms with E-state index in [1.807, 2.05) is 36.4 Å². The summed E-state index contributed by atoms with van der Waals surface area (Å²) in [7, 11) is -1.85. The number of benzene rings is 2. The Balaban J connectivity index is 1.84. The van der Waals surface area contributed by atoms with Crippen molar-refractivity contribution in [3.8, 4) is 11.8 Å². The van der Waals surface area contributed by atoms with Gasteiger partial charge in [-0.1, -0.05) is 32.9 Å². The molecule has 2 aromatic carbocycles. The van der Waals surface area contributed by atoms with Crippen LogP contribution in [-0.4, -0.2) is 13.3 Å². The summed E-state index contributed by atoms with van der Waals surface area (Å²) in [6, 6.07) is 22.2. The monoisotopic (exact) mass is 415 g/mol. The Morgan fingerprint density at radius 1 is 0.900 bits per heavy atom. The van der Waals surface area contributed by atoms with Crippen LogP contribution in [0.15, 0.2) is 73.1 Å². The van der Waals surface area contributed by atoms with Crippen LogP contribution in [0.4, 0.5) is 11.4 Å². The molecule has 0 saturated heterocycles. The first-order valence-corrected chi connectivity index (χ1v) is 13.1. The van der Waals surface area contributed by atoms with Crippen molar-refractivity contribution >= 4 is 19.7 Å². The van der Waals surface area contributed by atoms with Gasteiger partial charge in [0.05, 0.1) is 11.6 Å². The Morgan fingerprint density at radius 3 is 2.00 bits per heavy atom. The van der Waals surface area contributed by atoms with Crippen molar-refractivity contribution in [1.82, 2.24) is 4.98 Å². The van der Waals surface area contributed by atoms with E-state index in [1.165, 1.54) is 5.56 Å². The maximum atomic E-state index is 9.10. The Morgan fingerprint density at radius 2 is 1.47 bits per heavy atom. The molecule has 0 amide bonds. The average molecular weight is 416 g/mol. The zero-order valence-electron chi connectivity index (χ0n) is 18.4. The molecule has 0 bridgehead atoms. The van der Waals surface area contributed by atoms with Gasteiger partial charge in [0, 0.05) is 30.3 Å². The number of hydrogen-bond acceptors (Lipinski definition) is 4. The van der Waals surface area contributed by atoms with E-state index < -0.39 is 8.32 Å². The molecule has 30 heavy (non-hydrogen) atoms. The smallest absolute Gasteiger partial charge is 0.250 e. The van der Waals surface area contributed by atoms with Crippen LogP contribution in [0.3, 0.4) is 0 Å². The normalized spacial score (nSPS) is 11.6. The number of nitriles is 1. The fraction of sp³-hybridized carbons (Fsp3) is 0.280. The molecule has 4 nitrogen and oxygen atoms in total. The number of aromatic nitrogens is 1. The zero-order chi connectivity index (χ0) is 21.8. The van der Waals surface area contributed by atoms with Gasteiger partial charge in [-0.25, -0.2) is 0 Å². The molecule has 154 valence electrons. The minimum absolute atomic E-state index is 0.166. The molecule has 1 aromatic heterocycles. The highest BCUT2D eigenvalue weighted by molar-refractivity contribution is 6.74. The van der Waals surface area contributed by atoms with Crippen LogP contribution in [0.1, 0.15) is 31.9 Å². The van der Waals surface area contributed by atoms with E-state index in [0.29, 0.717) is 12.1 Å². The van der Waals surface area contributed by atoms with Gasteiger partial charge >= 0.3 is 0 Å². The van der Waals surface area contributed by atoms with Crippen molar-refractivity contribution in [2.24, 2.45) is 0 Å². The van der Waals surface area contributed by atoms with Gasteiger partial charge in [-0.3, -0.25) is 4.98 Å². The third-order valence-electron chi connectivity index (χ3n) is 5.73. The van der Waals surface area contributed by atoms with Gasteiger partial charge in [0.15, 0.2) is 0 Å². The summed E-state index contributed by atoms with van der Waals surface area (Å²) in [5, 5.41) is 9.26. The fourth-order valence-electron chi connectivity index (χ4n) is 2.86. The first kappa shape index (κ1) is 21.6. The number of anilines is 2. The first-order valence-electron chi connectivity index (χ1n) is 10.2. The second-order valence-electron chi connectivity index (χ2n) is 8.96. The van der Waals surface area contributed by atoms with Crippen molar-refractivity contribution in [2.75, 3.05) is 4.90 Å². The Bertz CT molecular complexity index is 1000. The minimum Gasteiger partial charge on any atom is -0.544 e. The van der Waals surface area contributed by atoms with Gasteiger partial charge < -0.3 is 9.33 Å². The van der Waals surface area contributed by atoms with Crippen LogP contribution in [0.5, 0.6) is 5.75 Å². The molecular formula is C25H29N3OSi. The summed E-state index contributed by atoms with van der Waals surface area (Å²) >= 11 is 0. The Kier molecular flexibility index (Phi) is 6.28. The second kappa shape index (κ2) is 8.72. The SMILES string of the molecule is CC(C)(C)[Si](C)(C)Oc1ccc(CN(c2ccncc2)c2ccc(C#N)cc2)cc1. The van der Waals surface area contributed by atoms with Gasteiger partial charge in [-0.15, -0.1) is 0 Å². The van der Waals surface area contributed by atoms with E-state index >= 15 is 0 Å². The van der Waals surface area contributed by atoms with E-state index in [-0.39, 0.29) is 5.04 Å². The lowest BCUT2D eigenvalue weighted by Gasteiger charge is -2.36. The lowest BCUT2D eigenvalue weighted by molar-refractivity contribution is 0.492. The maximum Gasteiger partial charge on any atom is 0.250 e. The van der Waals surface area contributed by atoms with Crippen LogP contribution in [-0.2, 0) is 6.54 Å². The Labute approximate surface area is 180 Å². The van der Waals surface area contributed by atoms with Crippen molar-refractivity contribution in [3.05, 3.63) is 84.2 Å². The number of nitrogens with zero attached hydrogens (tertiary/aromatic N) is 3. The molecule has 0 aliphatic carbocycles. The van der Waals surface area contributed by atoms with E-state index in [1.54, 1.807) is 12.4 Å². The van der Waals surface area contributed by atoms with Crippen molar-refractivity contribution in [3.63, 3.8) is 0 Å². The van der Waals surface area contributed by atoms with Crippen LogP contribution < -0.4 is 9.33 Å². The summed E-state index contributed by atoms with van der Waals surface area (Å²) in [6.45, 7) is 12.0. The summed E-state index contributed by atoms with van der Waals surface area (Å²) < 4.78 is 6.41. The second-order valence-corrected chi connectivity index (χ2v) is 13.7. The molecule has 0 spiro atoms. The molecule has 0 N–H and O–H groups in total. The highest BCUT2D eigenvalue weighted by Crippen LogP contribution is 2.37. The highest BCUT2D eigenvalue weighted by Gasteiger charge is 2.38. The number of hydrogen-bond donors (Lipinski definition) is 0. The van der Waals surface area contributed by atoms with Crippen molar-refractivity contribution in [1.29, 1.82) is 5.26 Å². The van der Waals surface area contributed by atoms with Crippen LogP contribution in [0.25, 0.3) is 0 Å². The molecule has 0 saturated carbocycles. The lowest BCUT2D eigenvalue weighted by atomic mass is 10.1.